The molecular weight excluding hydrogens is 242 g/mol. The first-order valence-electron chi connectivity index (χ1n) is 6.80. The van der Waals surface area contributed by atoms with Crippen LogP contribution in [-0.4, -0.2) is 31.3 Å². The van der Waals surface area contributed by atoms with Crippen molar-refractivity contribution in [1.82, 2.24) is 0 Å². The molecule has 0 saturated carbocycles. The number of nitrogens with zero attached hydrogens (tertiary/aromatic N) is 1. The van der Waals surface area contributed by atoms with E-state index in [2.05, 4.69) is 11.0 Å². The van der Waals surface area contributed by atoms with Crippen LogP contribution in [0.1, 0.15) is 25.7 Å². The first-order chi connectivity index (χ1) is 9.19. The molecule has 4 heteroatoms. The summed E-state index contributed by atoms with van der Waals surface area (Å²) in [4.78, 5) is 13.0. The van der Waals surface area contributed by atoms with Crippen molar-refractivity contribution in [2.75, 3.05) is 25.1 Å². The van der Waals surface area contributed by atoms with Crippen LogP contribution in [0.25, 0.3) is 0 Å². The number of hydrogen-bond acceptors (Lipinski definition) is 3. The topological polar surface area (TPSA) is 49.8 Å². The van der Waals surface area contributed by atoms with E-state index in [-0.39, 0.29) is 6.42 Å². The molecule has 1 atom stereocenters. The zero-order chi connectivity index (χ0) is 13.7. The molecule has 0 aliphatic carbocycles. The number of ether oxygens (including phenoxy) is 1. The summed E-state index contributed by atoms with van der Waals surface area (Å²) in [5.41, 5.74) is 1.17. The Morgan fingerprint density at radius 2 is 2.37 bits per heavy atom. The van der Waals surface area contributed by atoms with E-state index < -0.39 is 5.97 Å². The molecule has 1 aliphatic heterocycles. The summed E-state index contributed by atoms with van der Waals surface area (Å²) in [5, 5.41) is 8.77. The lowest BCUT2D eigenvalue weighted by molar-refractivity contribution is -0.137. The van der Waals surface area contributed by atoms with Gasteiger partial charge in [-0.2, -0.15) is 0 Å². The van der Waals surface area contributed by atoms with Gasteiger partial charge in [0.1, 0.15) is 5.75 Å². The Balaban J connectivity index is 1.97. The largest absolute Gasteiger partial charge is 0.497 e. The van der Waals surface area contributed by atoms with Crippen molar-refractivity contribution in [1.29, 1.82) is 0 Å². The van der Waals surface area contributed by atoms with Gasteiger partial charge in [0.05, 0.1) is 7.11 Å². The van der Waals surface area contributed by atoms with Gasteiger partial charge in [-0.1, -0.05) is 6.07 Å². The average Bonchev–Trinajstić information content (AvgIpc) is 2.45. The molecule has 4 nitrogen and oxygen atoms in total. The number of carbonyl (C=O) groups is 1. The fourth-order valence-corrected chi connectivity index (χ4v) is 2.67. The molecule has 1 saturated heterocycles. The number of benzene rings is 1. The minimum atomic E-state index is -0.696. The van der Waals surface area contributed by atoms with Crippen LogP contribution in [0.15, 0.2) is 24.3 Å². The number of methoxy groups -OCH3 is 1. The molecule has 1 aromatic carbocycles. The Kier molecular flexibility index (Phi) is 4.66. The fourth-order valence-electron chi connectivity index (χ4n) is 2.67. The molecule has 0 spiro atoms. The summed E-state index contributed by atoms with van der Waals surface area (Å²) < 4.78 is 5.25. The van der Waals surface area contributed by atoms with Crippen LogP contribution in [0, 0.1) is 5.92 Å². The van der Waals surface area contributed by atoms with Crippen LogP contribution in [-0.2, 0) is 4.79 Å². The van der Waals surface area contributed by atoms with E-state index in [1.807, 2.05) is 18.2 Å². The third-order valence-electron chi connectivity index (χ3n) is 3.70. The van der Waals surface area contributed by atoms with Crippen LogP contribution < -0.4 is 9.64 Å². The van der Waals surface area contributed by atoms with E-state index in [1.54, 1.807) is 7.11 Å². The molecule has 1 unspecified atom stereocenters. The van der Waals surface area contributed by atoms with Gasteiger partial charge in [-0.25, -0.2) is 0 Å². The second kappa shape index (κ2) is 6.45. The Morgan fingerprint density at radius 3 is 3.11 bits per heavy atom. The van der Waals surface area contributed by atoms with Crippen molar-refractivity contribution in [3.05, 3.63) is 24.3 Å². The second-order valence-corrected chi connectivity index (χ2v) is 5.09. The highest BCUT2D eigenvalue weighted by atomic mass is 16.5. The molecule has 0 aromatic heterocycles. The van der Waals surface area contributed by atoms with Gasteiger partial charge in [-0.3, -0.25) is 4.79 Å². The standard InChI is InChI=1S/C15H21NO3/c1-19-14-6-2-5-13(10-14)16-9-3-4-12(11-16)7-8-15(17)18/h2,5-6,10,12H,3-4,7-9,11H2,1H3,(H,17,18). The summed E-state index contributed by atoms with van der Waals surface area (Å²) in [6.07, 6.45) is 3.31. The van der Waals surface area contributed by atoms with Gasteiger partial charge in [0.2, 0.25) is 0 Å². The van der Waals surface area contributed by atoms with Gasteiger partial charge in [0.25, 0.3) is 0 Å². The highest BCUT2D eigenvalue weighted by Gasteiger charge is 2.20. The van der Waals surface area contributed by atoms with E-state index in [0.717, 1.165) is 38.1 Å². The SMILES string of the molecule is COc1cccc(N2CCCC(CCC(=O)O)C2)c1. The van der Waals surface area contributed by atoms with Crippen molar-refractivity contribution in [2.24, 2.45) is 5.92 Å². The lowest BCUT2D eigenvalue weighted by Gasteiger charge is -2.34. The Hall–Kier alpha value is -1.71. The highest BCUT2D eigenvalue weighted by molar-refractivity contribution is 5.66. The molecular formula is C15H21NO3. The molecule has 1 aliphatic rings. The number of rotatable bonds is 5. The Labute approximate surface area is 114 Å². The second-order valence-electron chi connectivity index (χ2n) is 5.09. The van der Waals surface area contributed by atoms with Crippen LogP contribution in [0.2, 0.25) is 0 Å². The summed E-state index contributed by atoms with van der Waals surface area (Å²) in [5.74, 6) is 0.653. The third kappa shape index (κ3) is 3.88. The highest BCUT2D eigenvalue weighted by Crippen LogP contribution is 2.27. The number of hydrogen-bond donors (Lipinski definition) is 1. The maximum absolute atomic E-state index is 10.6. The van der Waals surface area contributed by atoms with E-state index >= 15 is 0 Å². The average molecular weight is 263 g/mol. The third-order valence-corrected chi connectivity index (χ3v) is 3.70. The lowest BCUT2D eigenvalue weighted by Crippen LogP contribution is -2.35. The number of anilines is 1. The summed E-state index contributed by atoms with van der Waals surface area (Å²) in [6.45, 7) is 1.98. The summed E-state index contributed by atoms with van der Waals surface area (Å²) in [7, 11) is 1.67. The predicted octanol–water partition coefficient (Wildman–Crippen LogP) is 2.78. The lowest BCUT2D eigenvalue weighted by atomic mass is 9.93. The fraction of sp³-hybridized carbons (Fsp3) is 0.533. The normalized spacial score (nSPS) is 19.2. The van der Waals surface area contributed by atoms with Gasteiger partial charge in [0.15, 0.2) is 0 Å². The van der Waals surface area contributed by atoms with Crippen molar-refractivity contribution in [3.63, 3.8) is 0 Å². The van der Waals surface area contributed by atoms with Gasteiger partial charge in [-0.15, -0.1) is 0 Å². The maximum atomic E-state index is 10.6. The van der Waals surface area contributed by atoms with E-state index in [4.69, 9.17) is 9.84 Å². The number of carboxylic acids is 1. The quantitative estimate of drug-likeness (QED) is 0.887. The van der Waals surface area contributed by atoms with Gasteiger partial charge in [-0.05, 0) is 37.3 Å². The van der Waals surface area contributed by atoms with E-state index in [0.29, 0.717) is 5.92 Å². The molecule has 1 aromatic rings. The van der Waals surface area contributed by atoms with Crippen LogP contribution >= 0.6 is 0 Å². The Morgan fingerprint density at radius 1 is 1.53 bits per heavy atom. The minimum Gasteiger partial charge on any atom is -0.497 e. The van der Waals surface area contributed by atoms with Gasteiger partial charge in [0, 0.05) is 31.3 Å². The van der Waals surface area contributed by atoms with E-state index in [9.17, 15) is 4.79 Å². The summed E-state index contributed by atoms with van der Waals surface area (Å²) in [6, 6.07) is 8.06. The smallest absolute Gasteiger partial charge is 0.303 e. The Bertz CT molecular complexity index is 433. The molecule has 0 amide bonds. The van der Waals surface area contributed by atoms with Crippen molar-refractivity contribution >= 4 is 11.7 Å². The van der Waals surface area contributed by atoms with E-state index in [1.165, 1.54) is 5.69 Å². The number of aliphatic carboxylic acids is 1. The first kappa shape index (κ1) is 13.7. The molecule has 19 heavy (non-hydrogen) atoms. The van der Waals surface area contributed by atoms with Crippen LogP contribution in [0.4, 0.5) is 5.69 Å². The number of piperidine rings is 1. The van der Waals surface area contributed by atoms with Gasteiger partial charge >= 0.3 is 5.97 Å². The zero-order valence-electron chi connectivity index (χ0n) is 11.3. The van der Waals surface area contributed by atoms with Gasteiger partial charge < -0.3 is 14.7 Å². The zero-order valence-corrected chi connectivity index (χ0v) is 11.3. The molecule has 0 bridgehead atoms. The first-order valence-corrected chi connectivity index (χ1v) is 6.80. The number of carboxylic acid groups (broad SMARTS) is 1. The van der Waals surface area contributed by atoms with Crippen molar-refractivity contribution in [2.45, 2.75) is 25.7 Å². The molecule has 104 valence electrons. The predicted molar refractivity (Wildman–Crippen MR) is 74.8 cm³/mol. The van der Waals surface area contributed by atoms with Crippen molar-refractivity contribution < 1.29 is 14.6 Å². The van der Waals surface area contributed by atoms with Crippen molar-refractivity contribution in [3.8, 4) is 5.75 Å². The van der Waals surface area contributed by atoms with Crippen LogP contribution in [0.3, 0.4) is 0 Å². The molecule has 1 fully saturated rings. The maximum Gasteiger partial charge on any atom is 0.303 e. The molecule has 0 radical (unpaired) electrons. The monoisotopic (exact) mass is 263 g/mol. The minimum absolute atomic E-state index is 0.274. The van der Waals surface area contributed by atoms with Crippen LogP contribution in [0.5, 0.6) is 5.75 Å². The molecule has 2 rings (SSSR count). The molecule has 1 N–H and O–H groups in total. The molecule has 1 heterocycles. The summed E-state index contributed by atoms with van der Waals surface area (Å²) >= 11 is 0.